The third-order valence-corrected chi connectivity index (χ3v) is 3.42. The van der Waals surface area contributed by atoms with Gasteiger partial charge >= 0.3 is 0 Å². The SMILES string of the molecule is NC(=O)c1cc(Cl)c(Cl)cc1Oc1ccc(F)cc1Cl. The summed E-state index contributed by atoms with van der Waals surface area (Å²) in [6, 6.07) is 6.20. The number of carbonyl (C=O) groups excluding carboxylic acids is 1. The molecule has 7 heteroatoms. The van der Waals surface area contributed by atoms with Gasteiger partial charge in [0.1, 0.15) is 17.3 Å². The molecule has 0 radical (unpaired) electrons. The van der Waals surface area contributed by atoms with Crippen molar-refractivity contribution in [2.24, 2.45) is 5.73 Å². The fourth-order valence-electron chi connectivity index (χ4n) is 1.48. The van der Waals surface area contributed by atoms with Gasteiger partial charge in [-0.3, -0.25) is 4.79 Å². The van der Waals surface area contributed by atoms with Crippen LogP contribution in [0.3, 0.4) is 0 Å². The maximum Gasteiger partial charge on any atom is 0.252 e. The number of hydrogen-bond acceptors (Lipinski definition) is 2. The van der Waals surface area contributed by atoms with E-state index in [1.165, 1.54) is 24.3 Å². The Bertz CT molecular complexity index is 692. The van der Waals surface area contributed by atoms with Crippen molar-refractivity contribution >= 4 is 40.7 Å². The molecule has 2 N–H and O–H groups in total. The molecule has 3 nitrogen and oxygen atoms in total. The molecule has 0 aliphatic rings. The maximum absolute atomic E-state index is 13.0. The lowest BCUT2D eigenvalue weighted by atomic mass is 10.2. The first-order chi connectivity index (χ1) is 9.38. The fourth-order valence-corrected chi connectivity index (χ4v) is 2.01. The Labute approximate surface area is 129 Å². The molecule has 1 amide bonds. The number of ether oxygens (including phenoxy) is 1. The second-order valence-corrected chi connectivity index (χ2v) is 5.03. The van der Waals surface area contributed by atoms with Crippen LogP contribution >= 0.6 is 34.8 Å². The number of amides is 1. The molecule has 0 bridgehead atoms. The number of carbonyl (C=O) groups is 1. The van der Waals surface area contributed by atoms with E-state index in [9.17, 15) is 9.18 Å². The van der Waals surface area contributed by atoms with E-state index in [0.29, 0.717) is 0 Å². The van der Waals surface area contributed by atoms with Crippen molar-refractivity contribution in [1.29, 1.82) is 0 Å². The molecule has 2 aromatic carbocycles. The van der Waals surface area contributed by atoms with E-state index in [2.05, 4.69) is 0 Å². The molecule has 0 saturated heterocycles. The molecule has 0 heterocycles. The summed E-state index contributed by atoms with van der Waals surface area (Å²) >= 11 is 17.5. The quantitative estimate of drug-likeness (QED) is 0.886. The first kappa shape index (κ1) is 14.9. The van der Waals surface area contributed by atoms with Gasteiger partial charge in [0.25, 0.3) is 5.91 Å². The topological polar surface area (TPSA) is 52.3 Å². The molecule has 0 atom stereocenters. The number of primary amides is 1. The van der Waals surface area contributed by atoms with E-state index < -0.39 is 11.7 Å². The second-order valence-electron chi connectivity index (χ2n) is 3.80. The van der Waals surface area contributed by atoms with E-state index in [4.69, 9.17) is 45.3 Å². The van der Waals surface area contributed by atoms with Crippen LogP contribution < -0.4 is 10.5 Å². The van der Waals surface area contributed by atoms with Crippen LogP contribution in [0.5, 0.6) is 11.5 Å². The van der Waals surface area contributed by atoms with Gasteiger partial charge < -0.3 is 10.5 Å². The number of rotatable bonds is 3. The summed E-state index contributed by atoms with van der Waals surface area (Å²) in [7, 11) is 0. The summed E-state index contributed by atoms with van der Waals surface area (Å²) < 4.78 is 18.4. The van der Waals surface area contributed by atoms with Crippen LogP contribution in [-0.2, 0) is 0 Å². The molecule has 104 valence electrons. The summed E-state index contributed by atoms with van der Waals surface area (Å²) in [6.07, 6.45) is 0. The molecule has 0 fully saturated rings. The van der Waals surface area contributed by atoms with Crippen molar-refractivity contribution in [3.05, 3.63) is 56.8 Å². The van der Waals surface area contributed by atoms with E-state index in [1.807, 2.05) is 0 Å². The van der Waals surface area contributed by atoms with Gasteiger partial charge in [-0.25, -0.2) is 4.39 Å². The number of hydrogen-bond donors (Lipinski definition) is 1. The molecule has 0 spiro atoms. The minimum atomic E-state index is -0.739. The van der Waals surface area contributed by atoms with Gasteiger partial charge in [-0.15, -0.1) is 0 Å². The highest BCUT2D eigenvalue weighted by atomic mass is 35.5. The van der Waals surface area contributed by atoms with Gasteiger partial charge in [0.2, 0.25) is 0 Å². The Hall–Kier alpha value is -1.49. The van der Waals surface area contributed by atoms with Gasteiger partial charge in [-0.1, -0.05) is 34.8 Å². The van der Waals surface area contributed by atoms with Crippen LogP contribution in [0.4, 0.5) is 4.39 Å². The second kappa shape index (κ2) is 5.87. The zero-order valence-corrected chi connectivity index (χ0v) is 12.1. The summed E-state index contributed by atoms with van der Waals surface area (Å²) in [5.41, 5.74) is 5.28. The average Bonchev–Trinajstić information content (AvgIpc) is 2.36. The Kier molecular flexibility index (Phi) is 4.38. The summed E-state index contributed by atoms with van der Waals surface area (Å²) in [4.78, 5) is 11.4. The first-order valence-electron chi connectivity index (χ1n) is 5.30. The van der Waals surface area contributed by atoms with Gasteiger partial charge in [0, 0.05) is 6.07 Å². The van der Waals surface area contributed by atoms with Gasteiger partial charge in [0.15, 0.2) is 0 Å². The Morgan fingerprint density at radius 3 is 2.25 bits per heavy atom. The van der Waals surface area contributed by atoms with Crippen LogP contribution in [0.2, 0.25) is 15.1 Å². The molecular weight excluding hydrogens is 328 g/mol. The highest BCUT2D eigenvalue weighted by Crippen LogP contribution is 2.35. The first-order valence-corrected chi connectivity index (χ1v) is 6.43. The third-order valence-electron chi connectivity index (χ3n) is 2.40. The number of benzene rings is 2. The Morgan fingerprint density at radius 1 is 1.00 bits per heavy atom. The summed E-state index contributed by atoms with van der Waals surface area (Å²) in [6.45, 7) is 0. The maximum atomic E-state index is 13.0. The van der Waals surface area contributed by atoms with Crippen molar-refractivity contribution in [3.8, 4) is 11.5 Å². The standard InChI is InChI=1S/C13H7Cl3FNO2/c14-8-4-7(13(18)19)12(5-9(8)15)20-11-2-1-6(17)3-10(11)16/h1-5H,(H2,18,19). The number of nitrogens with two attached hydrogens (primary N) is 1. The lowest BCUT2D eigenvalue weighted by Crippen LogP contribution is -2.12. The zero-order chi connectivity index (χ0) is 14.9. The summed E-state index contributed by atoms with van der Waals surface area (Å²) in [5, 5.41) is 0.398. The molecule has 20 heavy (non-hydrogen) atoms. The lowest BCUT2D eigenvalue weighted by molar-refractivity contribution is 0.0998. The van der Waals surface area contributed by atoms with Crippen LogP contribution in [0.25, 0.3) is 0 Å². The minimum Gasteiger partial charge on any atom is -0.455 e. The smallest absolute Gasteiger partial charge is 0.252 e. The van der Waals surface area contributed by atoms with Crippen molar-refractivity contribution < 1.29 is 13.9 Å². The largest absolute Gasteiger partial charge is 0.455 e. The van der Waals surface area contributed by atoms with Crippen molar-refractivity contribution in [3.63, 3.8) is 0 Å². The third kappa shape index (κ3) is 3.15. The van der Waals surface area contributed by atoms with Crippen LogP contribution in [0, 0.1) is 5.82 Å². The van der Waals surface area contributed by atoms with Crippen LogP contribution in [0.1, 0.15) is 10.4 Å². The molecule has 0 aliphatic heterocycles. The van der Waals surface area contributed by atoms with E-state index >= 15 is 0 Å². The lowest BCUT2D eigenvalue weighted by Gasteiger charge is -2.11. The molecular formula is C13H7Cl3FNO2. The van der Waals surface area contributed by atoms with Gasteiger partial charge in [0.05, 0.1) is 20.6 Å². The predicted octanol–water partition coefficient (Wildman–Crippen LogP) is 4.68. The fraction of sp³-hybridized carbons (Fsp3) is 0. The molecule has 0 aliphatic carbocycles. The van der Waals surface area contributed by atoms with E-state index in [0.717, 1.165) is 6.07 Å². The summed E-state index contributed by atoms with van der Waals surface area (Å²) in [5.74, 6) is -1.00. The van der Waals surface area contributed by atoms with Crippen LogP contribution in [0.15, 0.2) is 30.3 Å². The van der Waals surface area contributed by atoms with Crippen molar-refractivity contribution in [2.75, 3.05) is 0 Å². The molecule has 0 saturated carbocycles. The normalized spacial score (nSPS) is 10.4. The molecule has 0 aromatic heterocycles. The minimum absolute atomic E-state index is 0.0415. The zero-order valence-electron chi connectivity index (χ0n) is 9.79. The van der Waals surface area contributed by atoms with Gasteiger partial charge in [-0.2, -0.15) is 0 Å². The van der Waals surface area contributed by atoms with Crippen LogP contribution in [-0.4, -0.2) is 5.91 Å². The Morgan fingerprint density at radius 2 is 1.65 bits per heavy atom. The average molecular weight is 335 g/mol. The molecule has 0 unspecified atom stereocenters. The number of halogens is 4. The Balaban J connectivity index is 2.47. The molecule has 2 rings (SSSR count). The van der Waals surface area contributed by atoms with E-state index in [1.54, 1.807) is 0 Å². The van der Waals surface area contributed by atoms with Gasteiger partial charge in [-0.05, 0) is 24.3 Å². The highest BCUT2D eigenvalue weighted by Gasteiger charge is 2.15. The predicted molar refractivity (Wildman–Crippen MR) is 76.5 cm³/mol. The highest BCUT2D eigenvalue weighted by molar-refractivity contribution is 6.42. The van der Waals surface area contributed by atoms with Crippen molar-refractivity contribution in [1.82, 2.24) is 0 Å². The monoisotopic (exact) mass is 333 g/mol. The molecule has 2 aromatic rings. The van der Waals surface area contributed by atoms with Crippen molar-refractivity contribution in [2.45, 2.75) is 0 Å². The van der Waals surface area contributed by atoms with E-state index in [-0.39, 0.29) is 32.1 Å².